The van der Waals surface area contributed by atoms with Crippen molar-refractivity contribution < 1.29 is 0 Å². The molecule has 0 aromatic rings. The van der Waals surface area contributed by atoms with Crippen LogP contribution in [0.3, 0.4) is 0 Å². The highest BCUT2D eigenvalue weighted by Crippen LogP contribution is 2.34. The number of piperidine rings is 1. The molecule has 3 rings (SSSR count). The van der Waals surface area contributed by atoms with E-state index in [1.807, 2.05) is 7.05 Å². The fourth-order valence-electron chi connectivity index (χ4n) is 3.82. The maximum atomic E-state index is 4.43. The van der Waals surface area contributed by atoms with Crippen LogP contribution in [0.5, 0.6) is 0 Å². The van der Waals surface area contributed by atoms with E-state index >= 15 is 0 Å². The van der Waals surface area contributed by atoms with Crippen molar-refractivity contribution in [3.05, 3.63) is 0 Å². The smallest absolute Gasteiger partial charge is 0.191 e. The van der Waals surface area contributed by atoms with Crippen LogP contribution in [0.15, 0.2) is 4.99 Å². The average Bonchev–Trinajstić information content (AvgIpc) is 3.48. The Morgan fingerprint density at radius 1 is 1.12 bits per heavy atom. The van der Waals surface area contributed by atoms with E-state index in [0.29, 0.717) is 6.04 Å². The molecule has 0 bridgehead atoms. The topological polar surface area (TPSA) is 42.9 Å². The highest BCUT2D eigenvalue weighted by molar-refractivity contribution is 14.0. The molecule has 0 amide bonds. The predicted molar refractivity (Wildman–Crippen MR) is 117 cm³/mol. The minimum atomic E-state index is 0. The summed E-state index contributed by atoms with van der Waals surface area (Å²) in [5.41, 5.74) is 0. The lowest BCUT2D eigenvalue weighted by molar-refractivity contribution is 0.206. The molecule has 6 heteroatoms. The molecular formula is C19H38IN5. The van der Waals surface area contributed by atoms with Crippen LogP contribution < -0.4 is 10.6 Å². The average molecular weight is 463 g/mol. The lowest BCUT2D eigenvalue weighted by Gasteiger charge is -2.33. The molecular weight excluding hydrogens is 425 g/mol. The van der Waals surface area contributed by atoms with Gasteiger partial charge < -0.3 is 15.5 Å². The Balaban J connectivity index is 0.00000225. The zero-order valence-electron chi connectivity index (χ0n) is 16.2. The first-order valence-electron chi connectivity index (χ1n) is 10.2. The lowest BCUT2D eigenvalue weighted by Crippen LogP contribution is -2.50. The largest absolute Gasteiger partial charge is 0.355 e. The number of aliphatic imine (C=N–C) groups is 1. The van der Waals surface area contributed by atoms with Gasteiger partial charge in [-0.1, -0.05) is 6.92 Å². The molecule has 2 saturated carbocycles. The summed E-state index contributed by atoms with van der Waals surface area (Å²) in [6, 6.07) is 1.46. The minimum Gasteiger partial charge on any atom is -0.355 e. The molecule has 146 valence electrons. The number of halogens is 1. The zero-order valence-corrected chi connectivity index (χ0v) is 18.5. The van der Waals surface area contributed by atoms with Gasteiger partial charge in [-0.3, -0.25) is 9.89 Å². The Morgan fingerprint density at radius 3 is 2.40 bits per heavy atom. The fraction of sp³-hybridized carbons (Fsp3) is 0.947. The lowest BCUT2D eigenvalue weighted by atomic mass is 10.1. The SMILES string of the molecule is CCCN1CCC(NC(=NC)NCCN(CC2CC2)C2CC2)CC1.I. The van der Waals surface area contributed by atoms with E-state index in [1.165, 1.54) is 71.1 Å². The maximum Gasteiger partial charge on any atom is 0.191 e. The van der Waals surface area contributed by atoms with E-state index in [9.17, 15) is 0 Å². The molecule has 0 aromatic heterocycles. The number of hydrogen-bond acceptors (Lipinski definition) is 3. The molecule has 25 heavy (non-hydrogen) atoms. The van der Waals surface area contributed by atoms with Crippen LogP contribution in [0.4, 0.5) is 0 Å². The summed E-state index contributed by atoms with van der Waals surface area (Å²) in [4.78, 5) is 9.72. The van der Waals surface area contributed by atoms with Crippen LogP contribution in [0.2, 0.25) is 0 Å². The van der Waals surface area contributed by atoms with E-state index in [4.69, 9.17) is 0 Å². The van der Waals surface area contributed by atoms with Gasteiger partial charge in [0.05, 0.1) is 0 Å². The molecule has 1 heterocycles. The summed E-state index contributed by atoms with van der Waals surface area (Å²) in [6.07, 6.45) is 9.46. The first kappa shape index (κ1) is 21.2. The molecule has 0 spiro atoms. The third kappa shape index (κ3) is 7.59. The Hall–Kier alpha value is -0.0800. The van der Waals surface area contributed by atoms with Gasteiger partial charge in [0, 0.05) is 51.9 Å². The first-order chi connectivity index (χ1) is 11.8. The molecule has 5 nitrogen and oxygen atoms in total. The van der Waals surface area contributed by atoms with E-state index in [2.05, 4.69) is 32.3 Å². The van der Waals surface area contributed by atoms with Crippen molar-refractivity contribution in [1.29, 1.82) is 0 Å². The molecule has 1 aliphatic heterocycles. The van der Waals surface area contributed by atoms with Gasteiger partial charge in [0.1, 0.15) is 0 Å². The van der Waals surface area contributed by atoms with Crippen LogP contribution in [0, 0.1) is 5.92 Å². The van der Waals surface area contributed by atoms with Gasteiger partial charge in [-0.15, -0.1) is 24.0 Å². The molecule has 0 radical (unpaired) electrons. The summed E-state index contributed by atoms with van der Waals surface area (Å²) in [6.45, 7) is 9.46. The molecule has 0 unspecified atom stereocenters. The van der Waals surface area contributed by atoms with Crippen LogP contribution >= 0.6 is 24.0 Å². The van der Waals surface area contributed by atoms with Gasteiger partial charge in [-0.2, -0.15) is 0 Å². The molecule has 3 fully saturated rings. The number of hydrogen-bond donors (Lipinski definition) is 2. The summed E-state index contributed by atoms with van der Waals surface area (Å²) in [5.74, 6) is 1.99. The molecule has 1 saturated heterocycles. The number of likely N-dealkylation sites (tertiary alicyclic amines) is 1. The zero-order chi connectivity index (χ0) is 16.8. The summed E-state index contributed by atoms with van der Waals surface area (Å²) >= 11 is 0. The van der Waals surface area contributed by atoms with Crippen LogP contribution in [-0.2, 0) is 0 Å². The number of nitrogens with zero attached hydrogens (tertiary/aromatic N) is 3. The second kappa shape index (κ2) is 10.9. The monoisotopic (exact) mass is 463 g/mol. The fourth-order valence-corrected chi connectivity index (χ4v) is 3.82. The number of rotatable bonds is 9. The van der Waals surface area contributed by atoms with Crippen molar-refractivity contribution in [2.45, 2.75) is 64.0 Å². The molecule has 2 aliphatic carbocycles. The molecule has 0 atom stereocenters. The van der Waals surface area contributed by atoms with Crippen molar-refractivity contribution >= 4 is 29.9 Å². The van der Waals surface area contributed by atoms with Crippen LogP contribution in [-0.4, -0.2) is 74.2 Å². The Kier molecular flexibility index (Phi) is 9.27. The summed E-state index contributed by atoms with van der Waals surface area (Å²) in [7, 11) is 1.89. The molecule has 2 N–H and O–H groups in total. The highest BCUT2D eigenvalue weighted by atomic mass is 127. The van der Waals surface area contributed by atoms with Gasteiger partial charge in [0.25, 0.3) is 0 Å². The Morgan fingerprint density at radius 2 is 1.84 bits per heavy atom. The first-order valence-corrected chi connectivity index (χ1v) is 10.2. The molecule has 0 aromatic carbocycles. The van der Waals surface area contributed by atoms with E-state index < -0.39 is 0 Å². The van der Waals surface area contributed by atoms with Crippen molar-refractivity contribution in [2.24, 2.45) is 10.9 Å². The number of nitrogens with one attached hydrogen (secondary N) is 2. The standard InChI is InChI=1S/C19H37N5.HI/c1-3-11-23-12-8-17(9-13-23)22-19(20-2)21-10-14-24(18-6-7-18)15-16-4-5-16;/h16-18H,3-15H2,1-2H3,(H2,20,21,22);1H. The number of guanidine groups is 1. The van der Waals surface area contributed by atoms with Gasteiger partial charge in [-0.25, -0.2) is 0 Å². The van der Waals surface area contributed by atoms with Gasteiger partial charge in [-0.05, 0) is 57.4 Å². The minimum absolute atomic E-state index is 0. The third-order valence-electron chi connectivity index (χ3n) is 5.64. The van der Waals surface area contributed by atoms with E-state index in [0.717, 1.165) is 31.0 Å². The van der Waals surface area contributed by atoms with E-state index in [-0.39, 0.29) is 24.0 Å². The predicted octanol–water partition coefficient (Wildman–Crippen LogP) is 2.52. The van der Waals surface area contributed by atoms with Gasteiger partial charge in [0.2, 0.25) is 0 Å². The quantitative estimate of drug-likeness (QED) is 0.313. The Labute approximate surface area is 171 Å². The third-order valence-corrected chi connectivity index (χ3v) is 5.64. The summed E-state index contributed by atoms with van der Waals surface area (Å²) < 4.78 is 0. The second-order valence-electron chi connectivity index (χ2n) is 7.93. The highest BCUT2D eigenvalue weighted by Gasteiger charge is 2.33. The van der Waals surface area contributed by atoms with Crippen molar-refractivity contribution in [3.63, 3.8) is 0 Å². The van der Waals surface area contributed by atoms with Crippen molar-refractivity contribution in [2.75, 3.05) is 46.3 Å². The van der Waals surface area contributed by atoms with Crippen LogP contribution in [0.1, 0.15) is 51.9 Å². The van der Waals surface area contributed by atoms with Crippen LogP contribution in [0.25, 0.3) is 0 Å². The van der Waals surface area contributed by atoms with Crippen molar-refractivity contribution in [1.82, 2.24) is 20.4 Å². The second-order valence-corrected chi connectivity index (χ2v) is 7.93. The Bertz CT molecular complexity index is 401. The van der Waals surface area contributed by atoms with Crippen molar-refractivity contribution in [3.8, 4) is 0 Å². The van der Waals surface area contributed by atoms with Gasteiger partial charge in [0.15, 0.2) is 5.96 Å². The maximum absolute atomic E-state index is 4.43. The van der Waals surface area contributed by atoms with Gasteiger partial charge >= 0.3 is 0 Å². The normalized spacial score (nSPS) is 22.8. The summed E-state index contributed by atoms with van der Waals surface area (Å²) in [5, 5.41) is 7.18. The van der Waals surface area contributed by atoms with E-state index in [1.54, 1.807) is 0 Å². The molecule has 3 aliphatic rings.